The smallest absolute Gasteiger partial charge is 0.0674 e. The number of ether oxygens (including phenoxy) is 2. The summed E-state index contributed by atoms with van der Waals surface area (Å²) in [6, 6.07) is 0.475. The topological polar surface area (TPSA) is 33.7 Å². The highest BCUT2D eigenvalue weighted by atomic mass is 16.5. The Kier molecular flexibility index (Phi) is 6.96. The van der Waals surface area contributed by atoms with E-state index >= 15 is 0 Å². The van der Waals surface area contributed by atoms with Gasteiger partial charge in [-0.15, -0.1) is 0 Å². The third-order valence-corrected chi connectivity index (χ3v) is 2.95. The molecule has 1 rings (SSSR count). The van der Waals surface area contributed by atoms with Gasteiger partial charge in [-0.25, -0.2) is 0 Å². The minimum absolute atomic E-state index is 0.347. The predicted octanol–water partition coefficient (Wildman–Crippen LogP) is 0.722. The Morgan fingerprint density at radius 3 is 3.00 bits per heavy atom. The average Bonchev–Trinajstić information content (AvgIpc) is 2.28. The van der Waals surface area contributed by atoms with E-state index in [-0.39, 0.29) is 0 Å². The van der Waals surface area contributed by atoms with Gasteiger partial charge in [-0.3, -0.25) is 4.90 Å². The first-order chi connectivity index (χ1) is 7.77. The first-order valence-electron chi connectivity index (χ1n) is 6.33. The molecule has 1 aliphatic rings. The zero-order valence-corrected chi connectivity index (χ0v) is 10.9. The molecule has 0 aromatic rings. The van der Waals surface area contributed by atoms with E-state index in [1.807, 2.05) is 0 Å². The fourth-order valence-corrected chi connectivity index (χ4v) is 2.11. The molecule has 0 aromatic heterocycles. The Morgan fingerprint density at radius 1 is 1.56 bits per heavy atom. The predicted molar refractivity (Wildman–Crippen MR) is 65.8 cm³/mol. The maximum Gasteiger partial charge on any atom is 0.0674 e. The van der Waals surface area contributed by atoms with Crippen LogP contribution in [0, 0.1) is 0 Å². The van der Waals surface area contributed by atoms with E-state index in [0.717, 1.165) is 39.4 Å². The van der Waals surface area contributed by atoms with E-state index < -0.39 is 0 Å². The van der Waals surface area contributed by atoms with Crippen LogP contribution in [0.3, 0.4) is 0 Å². The molecule has 1 saturated heterocycles. The average molecular weight is 230 g/mol. The molecule has 1 fully saturated rings. The van der Waals surface area contributed by atoms with E-state index in [2.05, 4.69) is 24.1 Å². The molecular weight excluding hydrogens is 204 g/mol. The summed E-state index contributed by atoms with van der Waals surface area (Å²) in [6.07, 6.45) is 1.53. The van der Waals surface area contributed by atoms with Crippen molar-refractivity contribution in [3.63, 3.8) is 0 Å². The number of hydrogen-bond acceptors (Lipinski definition) is 4. The van der Waals surface area contributed by atoms with Gasteiger partial charge in [0.05, 0.1) is 19.3 Å². The monoisotopic (exact) mass is 230 g/mol. The molecule has 1 aliphatic heterocycles. The molecule has 96 valence electrons. The van der Waals surface area contributed by atoms with Crippen LogP contribution < -0.4 is 5.32 Å². The van der Waals surface area contributed by atoms with Crippen molar-refractivity contribution in [2.24, 2.45) is 0 Å². The summed E-state index contributed by atoms with van der Waals surface area (Å²) in [4.78, 5) is 2.47. The molecule has 0 saturated carbocycles. The molecule has 1 N–H and O–H groups in total. The second kappa shape index (κ2) is 8.01. The summed E-state index contributed by atoms with van der Waals surface area (Å²) < 4.78 is 10.9. The Morgan fingerprint density at radius 2 is 2.38 bits per heavy atom. The van der Waals surface area contributed by atoms with Gasteiger partial charge in [0.15, 0.2) is 0 Å². The highest BCUT2D eigenvalue weighted by Crippen LogP contribution is 2.08. The van der Waals surface area contributed by atoms with E-state index in [0.29, 0.717) is 12.1 Å². The quantitative estimate of drug-likeness (QED) is 0.654. The fraction of sp³-hybridized carbons (Fsp3) is 1.00. The minimum Gasteiger partial charge on any atom is -0.383 e. The maximum absolute atomic E-state index is 5.56. The zero-order chi connectivity index (χ0) is 11.8. The number of nitrogens with zero attached hydrogens (tertiary/aromatic N) is 1. The van der Waals surface area contributed by atoms with Crippen molar-refractivity contribution < 1.29 is 9.47 Å². The van der Waals surface area contributed by atoms with Crippen LogP contribution in [0.5, 0.6) is 0 Å². The molecule has 4 heteroatoms. The number of nitrogens with one attached hydrogen (secondary N) is 1. The lowest BCUT2D eigenvalue weighted by molar-refractivity contribution is -0.0450. The van der Waals surface area contributed by atoms with Gasteiger partial charge in [0, 0.05) is 32.8 Å². The minimum atomic E-state index is 0.347. The number of methoxy groups -OCH3 is 1. The summed E-state index contributed by atoms with van der Waals surface area (Å²) in [5.74, 6) is 0. The lowest BCUT2D eigenvalue weighted by Crippen LogP contribution is -2.52. The molecule has 0 radical (unpaired) electrons. The normalized spacial score (nSPS) is 24.6. The first-order valence-corrected chi connectivity index (χ1v) is 6.33. The van der Waals surface area contributed by atoms with Gasteiger partial charge in [0.25, 0.3) is 0 Å². The van der Waals surface area contributed by atoms with Crippen LogP contribution in [-0.2, 0) is 9.47 Å². The van der Waals surface area contributed by atoms with Crippen LogP contribution in [-0.4, -0.2) is 63.5 Å². The number of hydrogen-bond donors (Lipinski definition) is 1. The van der Waals surface area contributed by atoms with E-state index in [4.69, 9.17) is 9.47 Å². The largest absolute Gasteiger partial charge is 0.383 e. The van der Waals surface area contributed by atoms with Gasteiger partial charge in [0.1, 0.15) is 0 Å². The molecule has 2 atom stereocenters. The molecule has 4 nitrogen and oxygen atoms in total. The highest BCUT2D eigenvalue weighted by molar-refractivity contribution is 4.78. The van der Waals surface area contributed by atoms with Crippen LogP contribution in [0.1, 0.15) is 20.3 Å². The van der Waals surface area contributed by atoms with Crippen LogP contribution >= 0.6 is 0 Å². The Balaban J connectivity index is 2.34. The van der Waals surface area contributed by atoms with Crippen molar-refractivity contribution >= 4 is 0 Å². The van der Waals surface area contributed by atoms with Crippen molar-refractivity contribution in [1.29, 1.82) is 0 Å². The molecule has 0 spiro atoms. The van der Waals surface area contributed by atoms with Gasteiger partial charge in [-0.05, 0) is 19.9 Å². The summed E-state index contributed by atoms with van der Waals surface area (Å²) in [6.45, 7) is 10.1. The summed E-state index contributed by atoms with van der Waals surface area (Å²) in [5.41, 5.74) is 0. The Bertz CT molecular complexity index is 178. The standard InChI is InChI=1S/C12H26N2O2/c1-4-5-13-8-12(10-15-3)14-6-7-16-11(2)9-14/h11-13H,4-10H2,1-3H3. The number of morpholine rings is 1. The van der Waals surface area contributed by atoms with Crippen LogP contribution in [0.25, 0.3) is 0 Å². The van der Waals surface area contributed by atoms with Crippen molar-refractivity contribution in [3.8, 4) is 0 Å². The lowest BCUT2D eigenvalue weighted by Gasteiger charge is -2.37. The third kappa shape index (κ3) is 4.78. The van der Waals surface area contributed by atoms with Crippen molar-refractivity contribution in [2.75, 3.05) is 46.5 Å². The van der Waals surface area contributed by atoms with Crippen molar-refractivity contribution in [3.05, 3.63) is 0 Å². The molecule has 0 bridgehead atoms. The summed E-state index contributed by atoms with van der Waals surface area (Å²) in [7, 11) is 1.77. The van der Waals surface area contributed by atoms with E-state index in [1.54, 1.807) is 7.11 Å². The Labute approximate surface area is 99.3 Å². The molecular formula is C12H26N2O2. The second-order valence-electron chi connectivity index (χ2n) is 4.49. The van der Waals surface area contributed by atoms with Crippen LogP contribution in [0.15, 0.2) is 0 Å². The number of rotatable bonds is 7. The highest BCUT2D eigenvalue weighted by Gasteiger charge is 2.23. The molecule has 2 unspecified atom stereocenters. The SMILES string of the molecule is CCCNCC(COC)N1CCOC(C)C1. The van der Waals surface area contributed by atoms with Gasteiger partial charge < -0.3 is 14.8 Å². The van der Waals surface area contributed by atoms with Gasteiger partial charge in [-0.2, -0.15) is 0 Å². The Hall–Kier alpha value is -0.160. The maximum atomic E-state index is 5.56. The molecule has 0 amide bonds. The lowest BCUT2D eigenvalue weighted by atomic mass is 10.2. The van der Waals surface area contributed by atoms with E-state index in [1.165, 1.54) is 6.42 Å². The zero-order valence-electron chi connectivity index (χ0n) is 10.9. The van der Waals surface area contributed by atoms with Gasteiger partial charge >= 0.3 is 0 Å². The van der Waals surface area contributed by atoms with Crippen molar-refractivity contribution in [2.45, 2.75) is 32.4 Å². The van der Waals surface area contributed by atoms with Gasteiger partial charge in [0.2, 0.25) is 0 Å². The summed E-state index contributed by atoms with van der Waals surface area (Å²) in [5, 5.41) is 3.47. The fourth-order valence-electron chi connectivity index (χ4n) is 2.11. The third-order valence-electron chi connectivity index (χ3n) is 2.95. The van der Waals surface area contributed by atoms with Crippen LogP contribution in [0.2, 0.25) is 0 Å². The van der Waals surface area contributed by atoms with Gasteiger partial charge in [-0.1, -0.05) is 6.92 Å². The molecule has 0 aromatic carbocycles. The second-order valence-corrected chi connectivity index (χ2v) is 4.49. The van der Waals surface area contributed by atoms with E-state index in [9.17, 15) is 0 Å². The van der Waals surface area contributed by atoms with Crippen molar-refractivity contribution in [1.82, 2.24) is 10.2 Å². The van der Waals surface area contributed by atoms with Crippen LogP contribution in [0.4, 0.5) is 0 Å². The first kappa shape index (κ1) is 13.9. The molecule has 0 aliphatic carbocycles. The molecule has 1 heterocycles. The molecule has 16 heavy (non-hydrogen) atoms. The summed E-state index contributed by atoms with van der Waals surface area (Å²) >= 11 is 0.